The van der Waals surface area contributed by atoms with E-state index in [1.54, 1.807) is 6.26 Å². The highest BCUT2D eigenvalue weighted by molar-refractivity contribution is 7.47. The zero-order chi connectivity index (χ0) is 38.4. The van der Waals surface area contributed by atoms with Gasteiger partial charge in [-0.05, 0) is 51.0 Å². The average molecular weight is 762 g/mol. The topological polar surface area (TPSA) is 158 Å². The Balaban J connectivity index is 4.21. The number of carbonyl (C=O) groups excluding carboxylic acids is 1. The number of esters is 1. The number of hydrogen-bond donors (Lipinski definition) is 4. The zero-order valence-electron chi connectivity index (χ0n) is 33.3. The van der Waals surface area contributed by atoms with Crippen LogP contribution in [0.4, 0.5) is 0 Å². The van der Waals surface area contributed by atoms with Crippen molar-refractivity contribution < 1.29 is 43.0 Å². The third-order valence-electron chi connectivity index (χ3n) is 9.14. The van der Waals surface area contributed by atoms with Gasteiger partial charge in [-0.25, -0.2) is 4.57 Å². The minimum absolute atomic E-state index is 0.0132. The fourth-order valence-electron chi connectivity index (χ4n) is 5.87. The van der Waals surface area contributed by atoms with Crippen molar-refractivity contribution in [1.82, 2.24) is 0 Å². The molecule has 1 unspecified atom stereocenters. The number of unbranched alkanes of at least 4 members (excludes halogenated alkanes) is 21. The summed E-state index contributed by atoms with van der Waals surface area (Å²) in [5.74, 6) is -0.430. The molecular formula is C41H80NO9P. The van der Waals surface area contributed by atoms with Crippen molar-refractivity contribution >= 4 is 13.8 Å². The summed E-state index contributed by atoms with van der Waals surface area (Å²) in [6, 6.07) is 0. The number of aliphatic hydroxyl groups is 2. The van der Waals surface area contributed by atoms with Crippen molar-refractivity contribution in [2.45, 2.75) is 206 Å². The second-order valence-electron chi connectivity index (χ2n) is 14.2. The lowest BCUT2D eigenvalue weighted by Gasteiger charge is -2.19. The lowest BCUT2D eigenvalue weighted by molar-refractivity contribution is -0.153. The maximum Gasteiger partial charge on any atom is 0.472 e. The normalized spacial score (nSPS) is 14.9. The van der Waals surface area contributed by atoms with Gasteiger partial charge in [0.15, 0.2) is 6.10 Å². The number of carbonyl (C=O) groups is 1. The summed E-state index contributed by atoms with van der Waals surface area (Å²) in [4.78, 5) is 22.4. The highest BCUT2D eigenvalue weighted by Gasteiger charge is 2.25. The summed E-state index contributed by atoms with van der Waals surface area (Å²) in [5.41, 5.74) is 5.35. The predicted octanol–water partition coefficient (Wildman–Crippen LogP) is 10.4. The molecular weight excluding hydrogens is 681 g/mol. The smallest absolute Gasteiger partial charge is 0.472 e. The van der Waals surface area contributed by atoms with Gasteiger partial charge in [0.05, 0.1) is 31.7 Å². The SMILES string of the molecule is CCCCC/C=C\C[C@H](O)[C@@H](O)CCCCCCCC(=O)O[C@H](CO/C=C/CCCCCCCCCCCCCCCC)COP(=O)(O)OCCN. The summed E-state index contributed by atoms with van der Waals surface area (Å²) < 4.78 is 33.0. The number of allylic oxidation sites excluding steroid dienone is 2. The molecule has 308 valence electrons. The number of phosphoric ester groups is 1. The monoisotopic (exact) mass is 762 g/mol. The van der Waals surface area contributed by atoms with Crippen LogP contribution < -0.4 is 5.73 Å². The fourth-order valence-corrected chi connectivity index (χ4v) is 6.63. The molecule has 0 heterocycles. The Morgan fingerprint density at radius 1 is 0.654 bits per heavy atom. The van der Waals surface area contributed by atoms with E-state index in [9.17, 15) is 24.5 Å². The molecule has 0 radical (unpaired) electrons. The van der Waals surface area contributed by atoms with Crippen LogP contribution in [0, 0.1) is 0 Å². The van der Waals surface area contributed by atoms with Crippen LogP contribution in [0.5, 0.6) is 0 Å². The van der Waals surface area contributed by atoms with Crippen molar-refractivity contribution in [2.24, 2.45) is 5.73 Å². The Bertz CT molecular complexity index is 888. The first-order valence-corrected chi connectivity index (χ1v) is 22.5. The van der Waals surface area contributed by atoms with Gasteiger partial charge < -0.3 is 30.3 Å². The third-order valence-corrected chi connectivity index (χ3v) is 10.1. The van der Waals surface area contributed by atoms with Gasteiger partial charge in [0.25, 0.3) is 0 Å². The highest BCUT2D eigenvalue weighted by atomic mass is 31.2. The molecule has 0 fully saturated rings. The van der Waals surface area contributed by atoms with Gasteiger partial charge in [0.1, 0.15) is 6.61 Å². The van der Waals surface area contributed by atoms with Gasteiger partial charge >= 0.3 is 13.8 Å². The largest absolute Gasteiger partial charge is 0.498 e. The van der Waals surface area contributed by atoms with E-state index in [4.69, 9.17) is 24.3 Å². The maximum absolute atomic E-state index is 12.6. The molecule has 0 aromatic carbocycles. The van der Waals surface area contributed by atoms with E-state index >= 15 is 0 Å². The average Bonchev–Trinajstić information content (AvgIpc) is 3.13. The summed E-state index contributed by atoms with van der Waals surface area (Å²) in [6.45, 7) is 4.01. The molecule has 0 spiro atoms. The molecule has 0 saturated carbocycles. The number of aliphatic hydroxyl groups excluding tert-OH is 2. The second-order valence-corrected chi connectivity index (χ2v) is 15.7. The molecule has 0 saturated heterocycles. The summed E-state index contributed by atoms with van der Waals surface area (Å²) >= 11 is 0. The molecule has 10 nitrogen and oxygen atoms in total. The van der Waals surface area contributed by atoms with Crippen molar-refractivity contribution in [1.29, 1.82) is 0 Å². The van der Waals surface area contributed by atoms with Crippen LogP contribution in [0.3, 0.4) is 0 Å². The Morgan fingerprint density at radius 2 is 1.17 bits per heavy atom. The van der Waals surface area contributed by atoms with E-state index in [1.807, 2.05) is 12.2 Å². The number of nitrogens with two attached hydrogens (primary N) is 1. The molecule has 0 aliphatic carbocycles. The predicted molar refractivity (Wildman–Crippen MR) is 213 cm³/mol. The van der Waals surface area contributed by atoms with E-state index in [-0.39, 0.29) is 32.8 Å². The van der Waals surface area contributed by atoms with E-state index in [0.717, 1.165) is 51.4 Å². The van der Waals surface area contributed by atoms with Gasteiger partial charge in [0, 0.05) is 13.0 Å². The van der Waals surface area contributed by atoms with Crippen molar-refractivity contribution in [2.75, 3.05) is 26.4 Å². The van der Waals surface area contributed by atoms with Crippen LogP contribution in [0.25, 0.3) is 0 Å². The van der Waals surface area contributed by atoms with E-state index in [2.05, 4.69) is 19.9 Å². The summed E-state index contributed by atoms with van der Waals surface area (Å²) in [5, 5.41) is 20.4. The highest BCUT2D eigenvalue weighted by Crippen LogP contribution is 2.43. The molecule has 0 rings (SSSR count). The van der Waals surface area contributed by atoms with E-state index in [1.165, 1.54) is 96.3 Å². The van der Waals surface area contributed by atoms with Crippen LogP contribution in [-0.2, 0) is 27.9 Å². The van der Waals surface area contributed by atoms with Gasteiger partial charge in [-0.1, -0.05) is 148 Å². The Hall–Kier alpha value is -1.26. The second kappa shape index (κ2) is 38.0. The summed E-state index contributed by atoms with van der Waals surface area (Å²) in [6.07, 6.45) is 34.5. The number of hydrogen-bond acceptors (Lipinski definition) is 9. The van der Waals surface area contributed by atoms with Crippen LogP contribution in [0.1, 0.15) is 187 Å². The molecule has 0 bridgehead atoms. The van der Waals surface area contributed by atoms with Crippen LogP contribution in [-0.4, -0.2) is 65.8 Å². The van der Waals surface area contributed by atoms with Gasteiger partial charge in [-0.15, -0.1) is 0 Å². The Labute approximate surface area is 318 Å². The Kier molecular flexibility index (Phi) is 37.1. The molecule has 0 aromatic rings. The van der Waals surface area contributed by atoms with Gasteiger partial charge in [0.2, 0.25) is 0 Å². The molecule has 11 heteroatoms. The number of ether oxygens (including phenoxy) is 2. The molecule has 0 aliphatic heterocycles. The molecule has 0 amide bonds. The fraction of sp³-hybridized carbons (Fsp3) is 0.878. The maximum atomic E-state index is 12.6. The molecule has 5 N–H and O–H groups in total. The van der Waals surface area contributed by atoms with Gasteiger partial charge in [-0.2, -0.15) is 0 Å². The number of rotatable bonds is 40. The molecule has 0 aromatic heterocycles. The molecule has 4 atom stereocenters. The Morgan fingerprint density at radius 3 is 1.79 bits per heavy atom. The van der Waals surface area contributed by atoms with Crippen LogP contribution >= 0.6 is 7.82 Å². The van der Waals surface area contributed by atoms with Crippen molar-refractivity contribution in [3.63, 3.8) is 0 Å². The first kappa shape index (κ1) is 50.7. The number of phosphoric acid groups is 1. The van der Waals surface area contributed by atoms with Crippen molar-refractivity contribution in [3.05, 3.63) is 24.5 Å². The lowest BCUT2D eigenvalue weighted by Crippen LogP contribution is -2.27. The molecule has 52 heavy (non-hydrogen) atoms. The molecule has 0 aliphatic rings. The van der Waals surface area contributed by atoms with E-state index < -0.39 is 32.1 Å². The standard InChI is InChI=1S/C41H80NO9P/c1-3-5-7-9-11-12-13-14-15-16-17-18-19-20-25-29-34-48-36-38(37-50-52(46,47)49-35-33-42)51-41(45)32-28-24-21-23-27-31-40(44)39(43)30-26-22-10-8-6-4-2/h22,26,29,34,38-40,43-44H,3-21,23-25,27-28,30-33,35-37,42H2,1-2H3,(H,46,47)/b26-22-,34-29+/t38-,39+,40+/m1/s1. The summed E-state index contributed by atoms with van der Waals surface area (Å²) in [7, 11) is -4.33. The van der Waals surface area contributed by atoms with E-state index in [0.29, 0.717) is 19.3 Å². The minimum Gasteiger partial charge on any atom is -0.498 e. The first-order chi connectivity index (χ1) is 25.3. The zero-order valence-corrected chi connectivity index (χ0v) is 34.2. The quantitative estimate of drug-likeness (QED) is 0.0156. The third kappa shape index (κ3) is 35.8. The first-order valence-electron chi connectivity index (χ1n) is 21.0. The van der Waals surface area contributed by atoms with Crippen molar-refractivity contribution in [3.8, 4) is 0 Å². The lowest BCUT2D eigenvalue weighted by atomic mass is 10.0. The minimum atomic E-state index is -4.33. The van der Waals surface area contributed by atoms with Crippen LogP contribution in [0.15, 0.2) is 24.5 Å². The van der Waals surface area contributed by atoms with Gasteiger partial charge in [-0.3, -0.25) is 13.8 Å². The van der Waals surface area contributed by atoms with Crippen LogP contribution in [0.2, 0.25) is 0 Å².